The molecule has 1 heterocycles. The van der Waals surface area contributed by atoms with Crippen molar-refractivity contribution in [2.75, 3.05) is 11.9 Å². The van der Waals surface area contributed by atoms with Crippen LogP contribution in [0.3, 0.4) is 0 Å². The summed E-state index contributed by atoms with van der Waals surface area (Å²) in [4.78, 5) is 13.6. The van der Waals surface area contributed by atoms with Gasteiger partial charge in [0.1, 0.15) is 5.01 Å². The van der Waals surface area contributed by atoms with Crippen molar-refractivity contribution in [3.63, 3.8) is 0 Å². The summed E-state index contributed by atoms with van der Waals surface area (Å²) in [5.41, 5.74) is 2.24. The van der Waals surface area contributed by atoms with Crippen molar-refractivity contribution >= 4 is 22.4 Å². The molecule has 1 fully saturated rings. The lowest BCUT2D eigenvalue weighted by Crippen LogP contribution is -2.27. The number of aryl methyl sites for hydroxylation is 1. The van der Waals surface area contributed by atoms with Gasteiger partial charge in [0, 0.05) is 18.5 Å². The van der Waals surface area contributed by atoms with E-state index in [4.69, 9.17) is 0 Å². The first-order valence-corrected chi connectivity index (χ1v) is 7.15. The van der Waals surface area contributed by atoms with Crippen LogP contribution in [0.1, 0.15) is 18.4 Å². The van der Waals surface area contributed by atoms with E-state index < -0.39 is 0 Å². The van der Waals surface area contributed by atoms with E-state index in [1.807, 2.05) is 25.1 Å². The van der Waals surface area contributed by atoms with Crippen LogP contribution in [0.15, 0.2) is 24.3 Å². The molecule has 0 spiro atoms. The predicted octanol–water partition coefficient (Wildman–Crippen LogP) is 2.89. The molecule has 1 aliphatic carbocycles. The van der Waals surface area contributed by atoms with Crippen LogP contribution in [0.25, 0.3) is 10.6 Å². The molecule has 5 heteroatoms. The summed E-state index contributed by atoms with van der Waals surface area (Å²) in [5.74, 6) is 0.364. The first-order chi connectivity index (χ1) is 9.15. The summed E-state index contributed by atoms with van der Waals surface area (Å²) in [6.45, 7) is 2.05. The van der Waals surface area contributed by atoms with Gasteiger partial charge in [-0.05, 0) is 25.8 Å². The zero-order valence-corrected chi connectivity index (χ0v) is 11.8. The van der Waals surface area contributed by atoms with E-state index in [1.54, 1.807) is 11.9 Å². The third-order valence-corrected chi connectivity index (χ3v) is 4.27. The van der Waals surface area contributed by atoms with Crippen molar-refractivity contribution in [1.82, 2.24) is 10.2 Å². The van der Waals surface area contributed by atoms with Crippen LogP contribution in [0.2, 0.25) is 0 Å². The molecule has 3 rings (SSSR count). The zero-order chi connectivity index (χ0) is 13.4. The second-order valence-electron chi connectivity index (χ2n) is 4.93. The molecule has 1 saturated carbocycles. The Balaban J connectivity index is 1.84. The van der Waals surface area contributed by atoms with Crippen molar-refractivity contribution < 1.29 is 4.79 Å². The summed E-state index contributed by atoms with van der Waals surface area (Å²) in [6.07, 6.45) is 2.01. The Morgan fingerprint density at radius 2 is 2.16 bits per heavy atom. The molecule has 0 aliphatic heterocycles. The maximum absolute atomic E-state index is 12.0. The number of nitrogens with zero attached hydrogens (tertiary/aromatic N) is 3. The predicted molar refractivity (Wildman–Crippen MR) is 76.2 cm³/mol. The molecule has 1 amide bonds. The van der Waals surface area contributed by atoms with Gasteiger partial charge in [-0.15, -0.1) is 10.2 Å². The van der Waals surface area contributed by atoms with Crippen LogP contribution in [-0.4, -0.2) is 23.2 Å². The fourth-order valence-corrected chi connectivity index (χ4v) is 2.75. The quantitative estimate of drug-likeness (QED) is 0.864. The van der Waals surface area contributed by atoms with Gasteiger partial charge in [-0.25, -0.2) is 0 Å². The largest absolute Gasteiger partial charge is 0.290 e. The molecule has 0 unspecified atom stereocenters. The van der Waals surface area contributed by atoms with E-state index >= 15 is 0 Å². The number of benzene rings is 1. The molecule has 0 N–H and O–H groups in total. The highest BCUT2D eigenvalue weighted by molar-refractivity contribution is 7.18. The van der Waals surface area contributed by atoms with Crippen LogP contribution < -0.4 is 4.90 Å². The van der Waals surface area contributed by atoms with E-state index in [0.717, 1.165) is 23.4 Å². The molecular weight excluding hydrogens is 258 g/mol. The second kappa shape index (κ2) is 4.74. The van der Waals surface area contributed by atoms with Crippen LogP contribution >= 0.6 is 11.3 Å². The van der Waals surface area contributed by atoms with Gasteiger partial charge in [0.15, 0.2) is 0 Å². The summed E-state index contributed by atoms with van der Waals surface area (Å²) < 4.78 is 0. The van der Waals surface area contributed by atoms with Gasteiger partial charge in [-0.1, -0.05) is 35.1 Å². The minimum absolute atomic E-state index is 0.159. The maximum atomic E-state index is 12.0. The molecule has 1 aromatic carbocycles. The number of hydrogen-bond donors (Lipinski definition) is 0. The minimum atomic E-state index is 0.159. The Morgan fingerprint density at radius 1 is 1.37 bits per heavy atom. The molecule has 2 aromatic rings. The lowest BCUT2D eigenvalue weighted by atomic mass is 10.1. The number of aromatic nitrogens is 2. The maximum Gasteiger partial charge on any atom is 0.231 e. The Labute approximate surface area is 116 Å². The van der Waals surface area contributed by atoms with Crippen molar-refractivity contribution in [2.24, 2.45) is 5.92 Å². The average molecular weight is 273 g/mol. The minimum Gasteiger partial charge on any atom is -0.290 e. The van der Waals surface area contributed by atoms with E-state index in [1.165, 1.54) is 16.9 Å². The van der Waals surface area contributed by atoms with Gasteiger partial charge in [-0.2, -0.15) is 0 Å². The van der Waals surface area contributed by atoms with Gasteiger partial charge in [0.05, 0.1) is 0 Å². The number of carbonyl (C=O) groups excluding carboxylic acids is 1. The van der Waals surface area contributed by atoms with Gasteiger partial charge in [-0.3, -0.25) is 9.69 Å². The summed E-state index contributed by atoms with van der Waals surface area (Å²) in [6, 6.07) is 8.14. The highest BCUT2D eigenvalue weighted by atomic mass is 32.1. The van der Waals surface area contributed by atoms with Crippen LogP contribution in [0.4, 0.5) is 5.13 Å². The third-order valence-electron chi connectivity index (χ3n) is 3.22. The van der Waals surface area contributed by atoms with E-state index in [0.29, 0.717) is 5.13 Å². The first-order valence-electron chi connectivity index (χ1n) is 6.33. The number of amides is 1. The van der Waals surface area contributed by atoms with Crippen LogP contribution in [-0.2, 0) is 4.79 Å². The molecule has 1 aliphatic rings. The fraction of sp³-hybridized carbons (Fsp3) is 0.357. The Morgan fingerprint density at radius 3 is 2.84 bits per heavy atom. The molecule has 4 nitrogen and oxygen atoms in total. The Hall–Kier alpha value is -1.75. The first kappa shape index (κ1) is 12.3. The van der Waals surface area contributed by atoms with Crippen molar-refractivity contribution in [1.29, 1.82) is 0 Å². The lowest BCUT2D eigenvalue weighted by Gasteiger charge is -2.11. The van der Waals surface area contributed by atoms with Crippen molar-refractivity contribution in [2.45, 2.75) is 19.8 Å². The van der Waals surface area contributed by atoms with E-state index in [-0.39, 0.29) is 11.8 Å². The summed E-state index contributed by atoms with van der Waals surface area (Å²) in [7, 11) is 1.78. The summed E-state index contributed by atoms with van der Waals surface area (Å²) >= 11 is 1.46. The van der Waals surface area contributed by atoms with Crippen LogP contribution in [0, 0.1) is 12.8 Å². The highest BCUT2D eigenvalue weighted by Crippen LogP contribution is 2.34. The second-order valence-corrected chi connectivity index (χ2v) is 5.89. The van der Waals surface area contributed by atoms with Crippen LogP contribution in [0.5, 0.6) is 0 Å². The number of hydrogen-bond acceptors (Lipinski definition) is 4. The molecule has 19 heavy (non-hydrogen) atoms. The van der Waals surface area contributed by atoms with Gasteiger partial charge in [0.2, 0.25) is 11.0 Å². The molecule has 98 valence electrons. The zero-order valence-electron chi connectivity index (χ0n) is 11.0. The van der Waals surface area contributed by atoms with E-state index in [2.05, 4.69) is 16.3 Å². The normalized spacial score (nSPS) is 14.4. The number of anilines is 1. The van der Waals surface area contributed by atoms with Crippen molar-refractivity contribution in [3.8, 4) is 10.6 Å². The van der Waals surface area contributed by atoms with Gasteiger partial charge < -0.3 is 0 Å². The van der Waals surface area contributed by atoms with Gasteiger partial charge >= 0.3 is 0 Å². The Bertz CT molecular complexity index is 619. The van der Waals surface area contributed by atoms with Crippen molar-refractivity contribution in [3.05, 3.63) is 29.8 Å². The standard InChI is InChI=1S/C14H15N3OS/c1-9-4-3-5-11(8-9)12-15-16-14(19-12)17(2)13(18)10-6-7-10/h3-5,8,10H,6-7H2,1-2H3. The highest BCUT2D eigenvalue weighted by Gasteiger charge is 2.33. The molecule has 0 radical (unpaired) electrons. The topological polar surface area (TPSA) is 46.1 Å². The third kappa shape index (κ3) is 2.51. The molecule has 0 atom stereocenters. The average Bonchev–Trinajstić information content (AvgIpc) is 3.14. The van der Waals surface area contributed by atoms with Gasteiger partial charge in [0.25, 0.3) is 0 Å². The Kier molecular flexibility index (Phi) is 3.06. The summed E-state index contributed by atoms with van der Waals surface area (Å²) in [5, 5.41) is 9.84. The number of rotatable bonds is 3. The molecule has 0 saturated heterocycles. The van der Waals surface area contributed by atoms with E-state index in [9.17, 15) is 4.79 Å². The molecule has 1 aromatic heterocycles. The monoisotopic (exact) mass is 273 g/mol. The SMILES string of the molecule is Cc1cccc(-c2nnc(N(C)C(=O)C3CC3)s2)c1. The molecular formula is C14H15N3OS. The number of carbonyl (C=O) groups is 1. The molecule has 0 bridgehead atoms. The fourth-order valence-electron chi connectivity index (χ4n) is 1.94. The smallest absolute Gasteiger partial charge is 0.231 e. The lowest BCUT2D eigenvalue weighted by molar-refractivity contribution is -0.119.